The highest BCUT2D eigenvalue weighted by atomic mass is 16.5. The molecule has 1 fully saturated rings. The molecule has 2 rings (SSSR count). The molecule has 1 saturated carbocycles. The first-order chi connectivity index (χ1) is 11.6. The van der Waals surface area contributed by atoms with E-state index in [-0.39, 0.29) is 18.4 Å². The van der Waals surface area contributed by atoms with Gasteiger partial charge in [-0.25, -0.2) is 0 Å². The maximum absolute atomic E-state index is 12.1. The second-order valence-electron chi connectivity index (χ2n) is 6.11. The fraction of sp³-hybridized carbons (Fsp3) is 0.556. The first-order valence-electron chi connectivity index (χ1n) is 8.52. The quantitative estimate of drug-likeness (QED) is 0.677. The molecule has 1 aliphatic rings. The van der Waals surface area contributed by atoms with E-state index in [1.165, 1.54) is 0 Å². The average Bonchev–Trinajstić information content (AvgIpc) is 3.43. The zero-order chi connectivity index (χ0) is 17.4. The molecule has 0 radical (unpaired) electrons. The third-order valence-corrected chi connectivity index (χ3v) is 3.97. The van der Waals surface area contributed by atoms with Gasteiger partial charge in [0.25, 0.3) is 0 Å². The molecule has 0 bridgehead atoms. The van der Waals surface area contributed by atoms with Crippen molar-refractivity contribution in [2.45, 2.75) is 38.8 Å². The molecule has 0 heterocycles. The van der Waals surface area contributed by atoms with Gasteiger partial charge in [0.05, 0.1) is 20.2 Å². The number of carbonyl (C=O) groups excluding carboxylic acids is 2. The number of nitrogens with one attached hydrogen (secondary N) is 2. The smallest absolute Gasteiger partial charge is 0.239 e. The normalized spacial score (nSPS) is 13.6. The topological polar surface area (TPSA) is 70.7 Å². The van der Waals surface area contributed by atoms with Gasteiger partial charge in [-0.05, 0) is 37.0 Å². The van der Waals surface area contributed by atoms with Crippen LogP contribution in [0.1, 0.15) is 31.7 Å². The summed E-state index contributed by atoms with van der Waals surface area (Å²) in [6, 6.07) is 8.36. The van der Waals surface area contributed by atoms with Crippen LogP contribution in [0.5, 0.6) is 5.75 Å². The average molecular weight is 333 g/mol. The van der Waals surface area contributed by atoms with Gasteiger partial charge in [0, 0.05) is 19.1 Å². The highest BCUT2D eigenvalue weighted by molar-refractivity contribution is 5.85. The molecule has 2 N–H and O–H groups in total. The van der Waals surface area contributed by atoms with Gasteiger partial charge in [-0.3, -0.25) is 14.5 Å². The number of hydrogen-bond acceptors (Lipinski definition) is 4. The van der Waals surface area contributed by atoms with Gasteiger partial charge in [0.2, 0.25) is 11.8 Å². The summed E-state index contributed by atoms with van der Waals surface area (Å²) in [4.78, 5) is 25.8. The fourth-order valence-corrected chi connectivity index (χ4v) is 2.47. The Morgan fingerprint density at radius 1 is 1.17 bits per heavy atom. The van der Waals surface area contributed by atoms with Crippen LogP contribution in [0.3, 0.4) is 0 Å². The summed E-state index contributed by atoms with van der Waals surface area (Å²) in [5.41, 5.74) is 1.15. The molecule has 6 heteroatoms. The summed E-state index contributed by atoms with van der Waals surface area (Å²) in [5, 5.41) is 5.44. The minimum atomic E-state index is -0.140. The Kier molecular flexibility index (Phi) is 7.06. The molecule has 24 heavy (non-hydrogen) atoms. The maximum atomic E-state index is 12.1. The van der Waals surface area contributed by atoms with Crippen molar-refractivity contribution in [2.24, 2.45) is 0 Å². The Morgan fingerprint density at radius 2 is 1.88 bits per heavy atom. The number of ether oxygens (including phenoxy) is 1. The van der Waals surface area contributed by atoms with E-state index in [1.54, 1.807) is 7.11 Å². The van der Waals surface area contributed by atoms with Crippen LogP contribution in [0.2, 0.25) is 0 Å². The SMILES string of the molecule is CCCNC(=O)CNC(=O)CN(Cc1ccc(OC)cc1)C1CC1. The molecule has 0 aromatic heterocycles. The minimum absolute atomic E-state index is 0.0415. The monoisotopic (exact) mass is 333 g/mol. The second kappa shape index (κ2) is 9.27. The fourth-order valence-electron chi connectivity index (χ4n) is 2.47. The molecule has 0 atom stereocenters. The summed E-state index contributed by atoms with van der Waals surface area (Å²) < 4.78 is 5.17. The van der Waals surface area contributed by atoms with Crippen LogP contribution in [0.15, 0.2) is 24.3 Å². The molecule has 0 saturated heterocycles. The van der Waals surface area contributed by atoms with Gasteiger partial charge >= 0.3 is 0 Å². The predicted molar refractivity (Wildman–Crippen MR) is 92.7 cm³/mol. The number of benzene rings is 1. The number of methoxy groups -OCH3 is 1. The van der Waals surface area contributed by atoms with Crippen LogP contribution in [0, 0.1) is 0 Å². The van der Waals surface area contributed by atoms with Crippen molar-refractivity contribution >= 4 is 11.8 Å². The lowest BCUT2D eigenvalue weighted by molar-refractivity contribution is -0.126. The van der Waals surface area contributed by atoms with Crippen LogP contribution < -0.4 is 15.4 Å². The van der Waals surface area contributed by atoms with E-state index in [0.717, 1.165) is 37.1 Å². The van der Waals surface area contributed by atoms with Gasteiger partial charge in [-0.1, -0.05) is 19.1 Å². The zero-order valence-electron chi connectivity index (χ0n) is 14.5. The molecule has 132 valence electrons. The Hall–Kier alpha value is -2.08. The molecule has 0 unspecified atom stereocenters. The van der Waals surface area contributed by atoms with Crippen molar-refractivity contribution < 1.29 is 14.3 Å². The van der Waals surface area contributed by atoms with E-state index in [0.29, 0.717) is 19.1 Å². The summed E-state index contributed by atoms with van der Waals surface area (Å²) >= 11 is 0. The zero-order valence-corrected chi connectivity index (χ0v) is 14.5. The summed E-state index contributed by atoms with van der Waals surface area (Å²) in [6.07, 6.45) is 3.14. The third kappa shape index (κ3) is 6.20. The van der Waals surface area contributed by atoms with E-state index in [1.807, 2.05) is 31.2 Å². The number of carbonyl (C=O) groups is 2. The van der Waals surface area contributed by atoms with E-state index < -0.39 is 0 Å². The first-order valence-corrected chi connectivity index (χ1v) is 8.52. The molecular weight excluding hydrogens is 306 g/mol. The highest BCUT2D eigenvalue weighted by Gasteiger charge is 2.30. The Balaban J connectivity index is 1.80. The summed E-state index contributed by atoms with van der Waals surface area (Å²) in [5.74, 6) is 0.577. The van der Waals surface area contributed by atoms with Crippen molar-refractivity contribution in [3.05, 3.63) is 29.8 Å². The Bertz CT molecular complexity index is 541. The van der Waals surface area contributed by atoms with Gasteiger partial charge in [0.15, 0.2) is 0 Å². The van der Waals surface area contributed by atoms with Crippen LogP contribution in [0.25, 0.3) is 0 Å². The largest absolute Gasteiger partial charge is 0.497 e. The van der Waals surface area contributed by atoms with Crippen molar-refractivity contribution in [3.8, 4) is 5.75 Å². The first kappa shape index (κ1) is 18.3. The van der Waals surface area contributed by atoms with Crippen molar-refractivity contribution in [2.75, 3.05) is 26.7 Å². The van der Waals surface area contributed by atoms with Crippen LogP contribution in [0.4, 0.5) is 0 Å². The van der Waals surface area contributed by atoms with Crippen molar-refractivity contribution in [1.82, 2.24) is 15.5 Å². The van der Waals surface area contributed by atoms with Gasteiger partial charge in [-0.2, -0.15) is 0 Å². The lowest BCUT2D eigenvalue weighted by Crippen LogP contribution is -2.42. The number of nitrogens with zero attached hydrogens (tertiary/aromatic N) is 1. The molecule has 1 aromatic rings. The molecule has 6 nitrogen and oxygen atoms in total. The van der Waals surface area contributed by atoms with E-state index in [2.05, 4.69) is 15.5 Å². The van der Waals surface area contributed by atoms with Crippen LogP contribution in [-0.4, -0.2) is 49.5 Å². The van der Waals surface area contributed by atoms with Crippen molar-refractivity contribution in [3.63, 3.8) is 0 Å². The molecule has 0 spiro atoms. The lowest BCUT2D eigenvalue weighted by Gasteiger charge is -2.21. The van der Waals surface area contributed by atoms with E-state index in [4.69, 9.17) is 4.74 Å². The molecule has 2 amide bonds. The molecule has 1 aliphatic carbocycles. The lowest BCUT2D eigenvalue weighted by atomic mass is 10.2. The van der Waals surface area contributed by atoms with Crippen LogP contribution >= 0.6 is 0 Å². The van der Waals surface area contributed by atoms with E-state index >= 15 is 0 Å². The van der Waals surface area contributed by atoms with Crippen LogP contribution in [-0.2, 0) is 16.1 Å². The molecular formula is C18H27N3O3. The van der Waals surface area contributed by atoms with Gasteiger partial charge < -0.3 is 15.4 Å². The van der Waals surface area contributed by atoms with Crippen molar-refractivity contribution in [1.29, 1.82) is 0 Å². The highest BCUT2D eigenvalue weighted by Crippen LogP contribution is 2.28. The van der Waals surface area contributed by atoms with E-state index in [9.17, 15) is 9.59 Å². The molecule has 1 aromatic carbocycles. The standard InChI is InChI=1S/C18H27N3O3/c1-3-10-19-17(22)11-20-18(23)13-21(15-6-7-15)12-14-4-8-16(24-2)9-5-14/h4-5,8-9,15H,3,6-7,10-13H2,1-2H3,(H,19,22)(H,20,23). The number of hydrogen-bond donors (Lipinski definition) is 2. The predicted octanol–water partition coefficient (Wildman–Crippen LogP) is 1.30. The molecule has 0 aliphatic heterocycles. The Morgan fingerprint density at radius 3 is 2.46 bits per heavy atom. The van der Waals surface area contributed by atoms with Gasteiger partial charge in [-0.15, -0.1) is 0 Å². The Labute approximate surface area is 143 Å². The minimum Gasteiger partial charge on any atom is -0.497 e. The van der Waals surface area contributed by atoms with Gasteiger partial charge in [0.1, 0.15) is 5.75 Å². The third-order valence-electron chi connectivity index (χ3n) is 3.97. The summed E-state index contributed by atoms with van der Waals surface area (Å²) in [7, 11) is 1.65. The number of rotatable bonds is 10. The second-order valence-corrected chi connectivity index (χ2v) is 6.11. The maximum Gasteiger partial charge on any atom is 0.239 e. The number of amides is 2. The summed E-state index contributed by atoms with van der Waals surface area (Å²) in [6.45, 7) is 3.72.